The standard InChI is InChI=1S/C18H23N3O2S/c1-13(2)17-19-15(12-24-17)11-20-7-9-21(10-8-20)18(23)14-3-5-16(22)6-4-14/h3-6,12-13,22H,7-11H2,1-2H3. The molecule has 6 heteroatoms. The normalized spacial score (nSPS) is 15.9. The Morgan fingerprint density at radius 3 is 2.46 bits per heavy atom. The molecule has 0 unspecified atom stereocenters. The summed E-state index contributed by atoms with van der Waals surface area (Å²) >= 11 is 1.73. The zero-order valence-electron chi connectivity index (χ0n) is 14.1. The van der Waals surface area contributed by atoms with Crippen molar-refractivity contribution in [3.05, 3.63) is 45.9 Å². The Bertz CT molecular complexity index is 689. The third-order valence-corrected chi connectivity index (χ3v) is 5.42. The van der Waals surface area contributed by atoms with Gasteiger partial charge in [0.05, 0.1) is 10.7 Å². The summed E-state index contributed by atoms with van der Waals surface area (Å²) in [5, 5.41) is 12.7. The number of piperazine rings is 1. The molecule has 0 aliphatic carbocycles. The van der Waals surface area contributed by atoms with Crippen LogP contribution in [0.1, 0.15) is 40.8 Å². The van der Waals surface area contributed by atoms with Crippen molar-refractivity contribution in [1.82, 2.24) is 14.8 Å². The third-order valence-electron chi connectivity index (χ3n) is 4.22. The smallest absolute Gasteiger partial charge is 0.253 e. The number of carbonyl (C=O) groups excluding carboxylic acids is 1. The Morgan fingerprint density at radius 2 is 1.88 bits per heavy atom. The Morgan fingerprint density at radius 1 is 1.21 bits per heavy atom. The molecule has 0 saturated carbocycles. The molecular formula is C18H23N3O2S. The van der Waals surface area contributed by atoms with Crippen LogP contribution in [0.3, 0.4) is 0 Å². The predicted octanol–water partition coefficient (Wildman–Crippen LogP) is 2.93. The second kappa shape index (κ2) is 7.32. The highest BCUT2D eigenvalue weighted by molar-refractivity contribution is 7.09. The number of thiazole rings is 1. The van der Waals surface area contributed by atoms with Crippen LogP contribution in [0.2, 0.25) is 0 Å². The zero-order valence-corrected chi connectivity index (χ0v) is 14.9. The van der Waals surface area contributed by atoms with Crippen LogP contribution >= 0.6 is 11.3 Å². The molecule has 0 spiro atoms. The van der Waals surface area contributed by atoms with Crippen LogP contribution in [0.15, 0.2) is 29.6 Å². The number of nitrogens with zero attached hydrogens (tertiary/aromatic N) is 3. The van der Waals surface area contributed by atoms with E-state index >= 15 is 0 Å². The van der Waals surface area contributed by atoms with E-state index in [0.29, 0.717) is 11.5 Å². The van der Waals surface area contributed by atoms with Gasteiger partial charge >= 0.3 is 0 Å². The molecule has 2 heterocycles. The fraction of sp³-hybridized carbons (Fsp3) is 0.444. The molecule has 1 aromatic carbocycles. The van der Waals surface area contributed by atoms with Crippen molar-refractivity contribution in [3.8, 4) is 5.75 Å². The minimum atomic E-state index is 0.0328. The molecular weight excluding hydrogens is 322 g/mol. The number of amides is 1. The van der Waals surface area contributed by atoms with E-state index in [1.54, 1.807) is 35.6 Å². The van der Waals surface area contributed by atoms with E-state index in [0.717, 1.165) is 38.4 Å². The van der Waals surface area contributed by atoms with E-state index in [1.165, 1.54) is 5.01 Å². The van der Waals surface area contributed by atoms with E-state index in [2.05, 4.69) is 29.1 Å². The maximum atomic E-state index is 12.5. The topological polar surface area (TPSA) is 56.7 Å². The molecule has 1 N–H and O–H groups in total. The average molecular weight is 345 g/mol. The summed E-state index contributed by atoms with van der Waals surface area (Å²) < 4.78 is 0. The van der Waals surface area contributed by atoms with Crippen molar-refractivity contribution in [2.24, 2.45) is 0 Å². The molecule has 2 aromatic rings. The maximum Gasteiger partial charge on any atom is 0.253 e. The fourth-order valence-corrected chi connectivity index (χ4v) is 3.61. The minimum absolute atomic E-state index is 0.0328. The van der Waals surface area contributed by atoms with E-state index in [4.69, 9.17) is 0 Å². The molecule has 1 saturated heterocycles. The van der Waals surface area contributed by atoms with Crippen LogP contribution in [-0.2, 0) is 6.54 Å². The lowest BCUT2D eigenvalue weighted by Gasteiger charge is -2.34. The molecule has 1 amide bonds. The van der Waals surface area contributed by atoms with Gasteiger partial charge in [0, 0.05) is 49.6 Å². The van der Waals surface area contributed by atoms with Crippen LogP contribution in [0.5, 0.6) is 5.75 Å². The summed E-state index contributed by atoms with van der Waals surface area (Å²) in [6.07, 6.45) is 0. The lowest BCUT2D eigenvalue weighted by molar-refractivity contribution is 0.0627. The fourth-order valence-electron chi connectivity index (χ4n) is 2.79. The van der Waals surface area contributed by atoms with Crippen molar-refractivity contribution in [2.75, 3.05) is 26.2 Å². The van der Waals surface area contributed by atoms with Gasteiger partial charge in [-0.25, -0.2) is 4.98 Å². The van der Waals surface area contributed by atoms with E-state index in [1.807, 2.05) is 4.90 Å². The van der Waals surface area contributed by atoms with Gasteiger partial charge in [0.15, 0.2) is 0 Å². The highest BCUT2D eigenvalue weighted by Gasteiger charge is 2.22. The van der Waals surface area contributed by atoms with Gasteiger partial charge in [-0.1, -0.05) is 13.8 Å². The number of phenols is 1. The number of benzene rings is 1. The minimum Gasteiger partial charge on any atom is -0.508 e. The summed E-state index contributed by atoms with van der Waals surface area (Å²) in [7, 11) is 0. The Balaban J connectivity index is 1.53. The summed E-state index contributed by atoms with van der Waals surface area (Å²) in [4.78, 5) is 21.4. The molecule has 0 atom stereocenters. The first-order chi connectivity index (χ1) is 11.5. The quantitative estimate of drug-likeness (QED) is 0.926. The molecule has 3 rings (SSSR count). The van der Waals surface area contributed by atoms with Crippen molar-refractivity contribution in [2.45, 2.75) is 26.3 Å². The number of carbonyl (C=O) groups is 1. The molecule has 0 radical (unpaired) electrons. The number of hydrogen-bond acceptors (Lipinski definition) is 5. The number of hydrogen-bond donors (Lipinski definition) is 1. The molecule has 1 aliphatic rings. The monoisotopic (exact) mass is 345 g/mol. The second-order valence-corrected chi connectivity index (χ2v) is 7.34. The van der Waals surface area contributed by atoms with Gasteiger partial charge in [-0.3, -0.25) is 9.69 Å². The molecule has 24 heavy (non-hydrogen) atoms. The second-order valence-electron chi connectivity index (χ2n) is 6.45. The molecule has 0 bridgehead atoms. The number of aromatic hydroxyl groups is 1. The molecule has 1 aliphatic heterocycles. The van der Waals surface area contributed by atoms with Gasteiger partial charge < -0.3 is 10.0 Å². The SMILES string of the molecule is CC(C)c1nc(CN2CCN(C(=O)c3ccc(O)cc3)CC2)cs1. The van der Waals surface area contributed by atoms with E-state index < -0.39 is 0 Å². The Labute approximate surface area is 146 Å². The lowest BCUT2D eigenvalue weighted by atomic mass is 10.1. The zero-order chi connectivity index (χ0) is 17.1. The lowest BCUT2D eigenvalue weighted by Crippen LogP contribution is -2.48. The molecule has 128 valence electrons. The summed E-state index contributed by atoms with van der Waals surface area (Å²) in [5.41, 5.74) is 1.75. The number of aromatic nitrogens is 1. The van der Waals surface area contributed by atoms with Gasteiger partial charge in [0.1, 0.15) is 5.75 Å². The van der Waals surface area contributed by atoms with Crippen LogP contribution in [0, 0.1) is 0 Å². The van der Waals surface area contributed by atoms with Crippen molar-refractivity contribution in [1.29, 1.82) is 0 Å². The average Bonchev–Trinajstić information content (AvgIpc) is 3.04. The Hall–Kier alpha value is -1.92. The van der Waals surface area contributed by atoms with Crippen molar-refractivity contribution >= 4 is 17.2 Å². The number of phenolic OH excluding ortho intramolecular Hbond substituents is 1. The van der Waals surface area contributed by atoms with Crippen LogP contribution in [-0.4, -0.2) is 52.0 Å². The van der Waals surface area contributed by atoms with Crippen molar-refractivity contribution in [3.63, 3.8) is 0 Å². The van der Waals surface area contributed by atoms with Gasteiger partial charge in [0.2, 0.25) is 0 Å². The number of rotatable bonds is 4. The third kappa shape index (κ3) is 3.94. The first kappa shape index (κ1) is 16.9. The summed E-state index contributed by atoms with van der Waals surface area (Å²) in [6, 6.07) is 6.45. The summed E-state index contributed by atoms with van der Waals surface area (Å²) in [6.45, 7) is 8.34. The molecule has 1 fully saturated rings. The highest BCUT2D eigenvalue weighted by Crippen LogP contribution is 2.20. The van der Waals surface area contributed by atoms with Gasteiger partial charge in [-0.2, -0.15) is 0 Å². The van der Waals surface area contributed by atoms with Crippen LogP contribution in [0.4, 0.5) is 0 Å². The van der Waals surface area contributed by atoms with Crippen molar-refractivity contribution < 1.29 is 9.90 Å². The van der Waals surface area contributed by atoms with Gasteiger partial charge in [0.25, 0.3) is 5.91 Å². The van der Waals surface area contributed by atoms with Gasteiger partial charge in [-0.15, -0.1) is 11.3 Å². The highest BCUT2D eigenvalue weighted by atomic mass is 32.1. The largest absolute Gasteiger partial charge is 0.508 e. The predicted molar refractivity (Wildman–Crippen MR) is 95.5 cm³/mol. The first-order valence-electron chi connectivity index (χ1n) is 8.28. The van der Waals surface area contributed by atoms with Crippen LogP contribution in [0.25, 0.3) is 0 Å². The van der Waals surface area contributed by atoms with Crippen LogP contribution < -0.4 is 0 Å². The Kier molecular flexibility index (Phi) is 5.16. The molecule has 1 aromatic heterocycles. The van der Waals surface area contributed by atoms with Gasteiger partial charge in [-0.05, 0) is 24.3 Å². The summed E-state index contributed by atoms with van der Waals surface area (Å²) in [5.74, 6) is 0.689. The molecule has 5 nitrogen and oxygen atoms in total. The first-order valence-corrected chi connectivity index (χ1v) is 9.16. The van der Waals surface area contributed by atoms with E-state index in [-0.39, 0.29) is 11.7 Å². The van der Waals surface area contributed by atoms with E-state index in [9.17, 15) is 9.90 Å². The maximum absolute atomic E-state index is 12.5.